The van der Waals surface area contributed by atoms with Crippen LogP contribution in [0.25, 0.3) is 11.5 Å². The summed E-state index contributed by atoms with van der Waals surface area (Å²) in [5.74, 6) is 2.36. The lowest BCUT2D eigenvalue weighted by molar-refractivity contribution is 0.414. The number of nitrogen functional groups attached to an aromatic ring is 1. The summed E-state index contributed by atoms with van der Waals surface area (Å²) in [7, 11) is 0. The molecule has 3 heterocycles. The Morgan fingerprint density at radius 3 is 2.83 bits per heavy atom. The molecule has 0 unspecified atom stereocenters. The van der Waals surface area contributed by atoms with Crippen LogP contribution in [0, 0.1) is 5.21 Å². The van der Waals surface area contributed by atoms with Crippen LogP contribution in [0.1, 0.15) is 0 Å². The molecule has 2 aromatic heterocycles. The molecule has 0 bridgehead atoms. The summed E-state index contributed by atoms with van der Waals surface area (Å²) in [4.78, 5) is 4.25. The highest BCUT2D eigenvalue weighted by atomic mass is 32.2. The number of thiazole rings is 1. The van der Waals surface area contributed by atoms with E-state index >= 15 is 0 Å². The van der Waals surface area contributed by atoms with Crippen molar-refractivity contribution >= 4 is 33.2 Å². The van der Waals surface area contributed by atoms with Crippen LogP contribution in [-0.4, -0.2) is 29.6 Å². The Labute approximate surface area is 113 Å². The molecule has 0 aliphatic carbocycles. The summed E-state index contributed by atoms with van der Waals surface area (Å²) < 4.78 is 5.01. The molecule has 0 atom stereocenters. The van der Waals surface area contributed by atoms with E-state index in [0.717, 1.165) is 11.5 Å². The van der Waals surface area contributed by atoms with Gasteiger partial charge in [-0.25, -0.2) is 4.98 Å². The van der Waals surface area contributed by atoms with Gasteiger partial charge in [0.25, 0.3) is 0 Å². The van der Waals surface area contributed by atoms with Gasteiger partial charge in [0.15, 0.2) is 16.6 Å². The zero-order valence-corrected chi connectivity index (χ0v) is 11.3. The van der Waals surface area contributed by atoms with Gasteiger partial charge < -0.3 is 20.0 Å². The maximum Gasteiger partial charge on any atom is 0.221 e. The molecular weight excluding hydrogens is 270 g/mol. The minimum absolute atomic E-state index is 0.335. The molecule has 1 saturated heterocycles. The second kappa shape index (κ2) is 4.58. The van der Waals surface area contributed by atoms with Crippen LogP contribution in [0.15, 0.2) is 22.8 Å². The third kappa shape index (κ3) is 2.03. The van der Waals surface area contributed by atoms with Crippen molar-refractivity contribution in [2.75, 3.05) is 30.3 Å². The van der Waals surface area contributed by atoms with Crippen molar-refractivity contribution in [1.82, 2.24) is 9.63 Å². The van der Waals surface area contributed by atoms with Crippen LogP contribution < -0.4 is 10.4 Å². The van der Waals surface area contributed by atoms with Gasteiger partial charge in [0, 0.05) is 11.5 Å². The maximum absolute atomic E-state index is 12.9. The van der Waals surface area contributed by atoms with E-state index in [1.165, 1.54) is 11.3 Å². The molecule has 7 heteroatoms. The number of anilines is 1. The summed E-state index contributed by atoms with van der Waals surface area (Å²) in [5.41, 5.74) is 6.36. The SMILES string of the molecule is Nc1nc(-c2ccco2)c([N+]2([O-])CCSCC2)s1. The summed E-state index contributed by atoms with van der Waals surface area (Å²) >= 11 is 3.09. The van der Waals surface area contributed by atoms with Gasteiger partial charge in [-0.05, 0) is 23.5 Å². The molecule has 2 aromatic rings. The minimum Gasteiger partial charge on any atom is -0.627 e. The molecule has 5 nitrogen and oxygen atoms in total. The maximum atomic E-state index is 12.9. The zero-order chi connectivity index (χ0) is 12.6. The molecule has 0 amide bonds. The lowest BCUT2D eigenvalue weighted by Gasteiger charge is -2.43. The number of hydrogen-bond donors (Lipinski definition) is 1. The predicted octanol–water partition coefficient (Wildman–Crippen LogP) is 2.54. The van der Waals surface area contributed by atoms with E-state index in [0.29, 0.717) is 34.7 Å². The first kappa shape index (κ1) is 12.0. The molecule has 96 valence electrons. The number of quaternary nitrogens is 1. The molecule has 0 saturated carbocycles. The van der Waals surface area contributed by atoms with E-state index < -0.39 is 0 Å². The molecule has 1 aliphatic rings. The lowest BCUT2D eigenvalue weighted by atomic mass is 10.3. The molecule has 1 fully saturated rings. The van der Waals surface area contributed by atoms with E-state index in [9.17, 15) is 5.21 Å². The summed E-state index contributed by atoms with van der Waals surface area (Å²) in [6.45, 7) is 1.14. The van der Waals surface area contributed by atoms with Crippen molar-refractivity contribution < 1.29 is 4.42 Å². The Kier molecular flexibility index (Phi) is 3.06. The van der Waals surface area contributed by atoms with Crippen LogP contribution in [0.3, 0.4) is 0 Å². The fourth-order valence-electron chi connectivity index (χ4n) is 2.02. The number of nitrogens with zero attached hydrogens (tertiary/aromatic N) is 2. The second-order valence-corrected chi connectivity index (χ2v) is 6.37. The Balaban J connectivity index is 2.06. The fraction of sp³-hybridized carbons (Fsp3) is 0.364. The Morgan fingerprint density at radius 2 is 2.17 bits per heavy atom. The first-order chi connectivity index (χ1) is 8.69. The highest BCUT2D eigenvalue weighted by molar-refractivity contribution is 7.99. The molecule has 0 radical (unpaired) electrons. The average Bonchev–Trinajstić information content (AvgIpc) is 2.98. The van der Waals surface area contributed by atoms with E-state index in [-0.39, 0.29) is 4.65 Å². The molecular formula is C11H13N3O2S2. The smallest absolute Gasteiger partial charge is 0.221 e. The van der Waals surface area contributed by atoms with Crippen molar-refractivity contribution in [2.24, 2.45) is 0 Å². The monoisotopic (exact) mass is 283 g/mol. The first-order valence-electron chi connectivity index (χ1n) is 5.66. The van der Waals surface area contributed by atoms with Gasteiger partial charge in [-0.2, -0.15) is 11.8 Å². The molecule has 0 aromatic carbocycles. The third-order valence-corrected chi connectivity index (χ3v) is 4.91. The Morgan fingerprint density at radius 1 is 1.39 bits per heavy atom. The van der Waals surface area contributed by atoms with Gasteiger partial charge in [0.2, 0.25) is 5.00 Å². The van der Waals surface area contributed by atoms with Crippen molar-refractivity contribution in [2.45, 2.75) is 0 Å². The highest BCUT2D eigenvalue weighted by Gasteiger charge is 2.31. The van der Waals surface area contributed by atoms with Gasteiger partial charge in [-0.1, -0.05) is 0 Å². The van der Waals surface area contributed by atoms with Gasteiger partial charge >= 0.3 is 0 Å². The standard InChI is InChI=1S/C11H13N3O2S2/c12-11-13-9(8-2-1-5-16-8)10(18-11)14(15)3-6-17-7-4-14/h1-2,5H,3-4,6-7H2,(H2,12,13). The Bertz CT molecular complexity index is 532. The van der Waals surface area contributed by atoms with Crippen LogP contribution >= 0.6 is 23.1 Å². The zero-order valence-electron chi connectivity index (χ0n) is 9.67. The van der Waals surface area contributed by atoms with E-state index in [1.54, 1.807) is 12.3 Å². The van der Waals surface area contributed by atoms with Gasteiger partial charge in [-0.3, -0.25) is 0 Å². The van der Waals surface area contributed by atoms with Crippen molar-refractivity contribution in [3.05, 3.63) is 23.6 Å². The number of nitrogens with two attached hydrogens (primary N) is 1. The van der Waals surface area contributed by atoms with E-state index in [1.807, 2.05) is 17.8 Å². The number of aromatic nitrogens is 1. The number of hydroxylamine groups is 2. The fourth-order valence-corrected chi connectivity index (χ4v) is 4.00. The summed E-state index contributed by atoms with van der Waals surface area (Å²) in [5, 5.41) is 13.9. The first-order valence-corrected chi connectivity index (χ1v) is 7.63. The number of furan rings is 1. The number of hydrogen-bond acceptors (Lipinski definition) is 6. The van der Waals surface area contributed by atoms with Crippen molar-refractivity contribution in [1.29, 1.82) is 0 Å². The van der Waals surface area contributed by atoms with Gasteiger partial charge in [0.1, 0.15) is 0 Å². The normalized spacial score (nSPS) is 18.9. The summed E-state index contributed by atoms with van der Waals surface area (Å²) in [6.07, 6.45) is 1.58. The number of rotatable bonds is 2. The molecule has 1 aliphatic heterocycles. The predicted molar refractivity (Wildman–Crippen MR) is 76.4 cm³/mol. The Hall–Kier alpha value is -1.02. The second-order valence-electron chi connectivity index (χ2n) is 4.13. The molecule has 0 spiro atoms. The largest absolute Gasteiger partial charge is 0.627 e. The molecule has 18 heavy (non-hydrogen) atoms. The average molecular weight is 283 g/mol. The van der Waals surface area contributed by atoms with Gasteiger partial charge in [-0.15, -0.1) is 0 Å². The third-order valence-electron chi connectivity index (χ3n) is 2.94. The highest BCUT2D eigenvalue weighted by Crippen LogP contribution is 2.42. The van der Waals surface area contributed by atoms with Gasteiger partial charge in [0.05, 0.1) is 19.4 Å². The quantitative estimate of drug-likeness (QED) is 0.677. The van der Waals surface area contributed by atoms with Crippen LogP contribution in [0.2, 0.25) is 0 Å². The summed E-state index contributed by atoms with van der Waals surface area (Å²) in [6, 6.07) is 3.60. The van der Waals surface area contributed by atoms with E-state index in [4.69, 9.17) is 10.2 Å². The van der Waals surface area contributed by atoms with Crippen LogP contribution in [-0.2, 0) is 0 Å². The minimum atomic E-state index is -0.335. The van der Waals surface area contributed by atoms with Crippen molar-refractivity contribution in [3.8, 4) is 11.5 Å². The molecule has 2 N–H and O–H groups in total. The topological polar surface area (TPSA) is 75.1 Å². The van der Waals surface area contributed by atoms with Crippen molar-refractivity contribution in [3.63, 3.8) is 0 Å². The lowest BCUT2D eigenvalue weighted by Crippen LogP contribution is -2.49. The van der Waals surface area contributed by atoms with E-state index in [2.05, 4.69) is 4.98 Å². The van der Waals surface area contributed by atoms with Crippen LogP contribution in [0.5, 0.6) is 0 Å². The number of thioether (sulfide) groups is 1. The van der Waals surface area contributed by atoms with Crippen LogP contribution in [0.4, 0.5) is 10.1 Å². The molecule has 3 rings (SSSR count).